The van der Waals surface area contributed by atoms with Crippen LogP contribution in [0.15, 0.2) is 6.20 Å². The van der Waals surface area contributed by atoms with Crippen LogP contribution in [0.3, 0.4) is 0 Å². The molecule has 2 N–H and O–H groups in total. The van der Waals surface area contributed by atoms with E-state index in [1.54, 1.807) is 0 Å². The lowest BCUT2D eigenvalue weighted by Crippen LogP contribution is -2.33. The van der Waals surface area contributed by atoms with E-state index in [0.29, 0.717) is 5.92 Å². The molecule has 22 heavy (non-hydrogen) atoms. The smallest absolute Gasteiger partial charge is 0.434 e. The predicted molar refractivity (Wildman–Crippen MR) is 72.3 cm³/mol. The van der Waals surface area contributed by atoms with Crippen LogP contribution in [0.1, 0.15) is 54.5 Å². The summed E-state index contributed by atoms with van der Waals surface area (Å²) in [5.74, 6) is -1.05. The number of aromatic carboxylic acids is 1. The van der Waals surface area contributed by atoms with E-state index in [2.05, 4.69) is 22.2 Å². The van der Waals surface area contributed by atoms with Crippen LogP contribution in [0.4, 0.5) is 13.2 Å². The Labute approximate surface area is 126 Å². The molecule has 5 nitrogen and oxygen atoms in total. The highest BCUT2D eigenvalue weighted by atomic mass is 19.4. The standard InChI is InChI=1S/C14H18F3N3O2/c1-8-2-4-9(5-3-8)18-7-11-19-6-10(13(21)22)12(20-11)14(15,16)17/h6,8-9,18H,2-5,7H2,1H3,(H,21,22). The molecule has 1 saturated carbocycles. The van der Waals surface area contributed by atoms with E-state index in [9.17, 15) is 18.0 Å². The molecule has 0 radical (unpaired) electrons. The van der Waals surface area contributed by atoms with Crippen LogP contribution >= 0.6 is 0 Å². The first-order chi connectivity index (χ1) is 10.3. The van der Waals surface area contributed by atoms with Crippen molar-refractivity contribution in [3.05, 3.63) is 23.3 Å². The molecule has 1 heterocycles. The maximum absolute atomic E-state index is 12.9. The first-order valence-corrected chi connectivity index (χ1v) is 7.17. The Bertz CT molecular complexity index is 541. The van der Waals surface area contributed by atoms with Crippen molar-refractivity contribution in [2.24, 2.45) is 5.92 Å². The van der Waals surface area contributed by atoms with Crippen molar-refractivity contribution in [3.63, 3.8) is 0 Å². The topological polar surface area (TPSA) is 75.1 Å². The Morgan fingerprint density at radius 3 is 2.55 bits per heavy atom. The molecule has 0 amide bonds. The molecule has 0 unspecified atom stereocenters. The van der Waals surface area contributed by atoms with Gasteiger partial charge >= 0.3 is 12.1 Å². The number of carboxylic acids is 1. The Kier molecular flexibility index (Phi) is 5.00. The molecule has 0 aromatic carbocycles. The van der Waals surface area contributed by atoms with Gasteiger partial charge in [-0.25, -0.2) is 14.8 Å². The number of hydrogen-bond acceptors (Lipinski definition) is 4. The molecule has 1 aromatic rings. The van der Waals surface area contributed by atoms with Crippen LogP contribution in [0, 0.1) is 5.92 Å². The zero-order valence-corrected chi connectivity index (χ0v) is 12.2. The van der Waals surface area contributed by atoms with Crippen molar-refractivity contribution < 1.29 is 23.1 Å². The molecule has 1 aliphatic rings. The summed E-state index contributed by atoms with van der Waals surface area (Å²) in [4.78, 5) is 17.9. The third kappa shape index (κ3) is 4.16. The average molecular weight is 317 g/mol. The van der Waals surface area contributed by atoms with E-state index in [1.165, 1.54) is 0 Å². The molecule has 8 heteroatoms. The van der Waals surface area contributed by atoms with Crippen LogP contribution in [0.5, 0.6) is 0 Å². The van der Waals surface area contributed by atoms with Gasteiger partial charge in [0.2, 0.25) is 0 Å². The van der Waals surface area contributed by atoms with Gasteiger partial charge < -0.3 is 10.4 Å². The SMILES string of the molecule is CC1CCC(NCc2ncc(C(=O)O)c(C(F)(F)F)n2)CC1. The lowest BCUT2D eigenvalue weighted by atomic mass is 9.87. The molecule has 1 aromatic heterocycles. The summed E-state index contributed by atoms with van der Waals surface area (Å²) in [5.41, 5.74) is -2.33. The molecular weight excluding hydrogens is 299 g/mol. The summed E-state index contributed by atoms with van der Waals surface area (Å²) >= 11 is 0. The monoisotopic (exact) mass is 317 g/mol. The van der Waals surface area contributed by atoms with E-state index in [-0.39, 0.29) is 18.4 Å². The second-order valence-electron chi connectivity index (χ2n) is 5.69. The summed E-state index contributed by atoms with van der Waals surface area (Å²) in [5, 5.41) is 11.9. The van der Waals surface area contributed by atoms with Crippen molar-refractivity contribution in [1.82, 2.24) is 15.3 Å². The van der Waals surface area contributed by atoms with Crippen LogP contribution < -0.4 is 5.32 Å². The van der Waals surface area contributed by atoms with Gasteiger partial charge in [-0.2, -0.15) is 13.2 Å². The molecule has 0 atom stereocenters. The minimum Gasteiger partial charge on any atom is -0.478 e. The highest BCUT2D eigenvalue weighted by Crippen LogP contribution is 2.30. The number of carbonyl (C=O) groups is 1. The third-order valence-corrected chi connectivity index (χ3v) is 3.90. The fraction of sp³-hybridized carbons (Fsp3) is 0.643. The molecular formula is C14H18F3N3O2. The van der Waals surface area contributed by atoms with Crippen molar-refractivity contribution in [2.75, 3.05) is 0 Å². The largest absolute Gasteiger partial charge is 0.478 e. The average Bonchev–Trinajstić information content (AvgIpc) is 2.45. The predicted octanol–water partition coefficient (Wildman–Crippen LogP) is 2.86. The van der Waals surface area contributed by atoms with E-state index in [0.717, 1.165) is 31.9 Å². The second-order valence-corrected chi connectivity index (χ2v) is 5.69. The zero-order valence-electron chi connectivity index (χ0n) is 12.2. The van der Waals surface area contributed by atoms with Gasteiger partial charge in [-0.1, -0.05) is 6.92 Å². The molecule has 0 spiro atoms. The lowest BCUT2D eigenvalue weighted by Gasteiger charge is -2.26. The number of aromatic nitrogens is 2. The number of carboxylic acid groups (broad SMARTS) is 1. The summed E-state index contributed by atoms with van der Waals surface area (Å²) in [6.07, 6.45) is 0.0271. The summed E-state index contributed by atoms with van der Waals surface area (Å²) < 4.78 is 38.6. The number of nitrogens with one attached hydrogen (secondary N) is 1. The van der Waals surface area contributed by atoms with Crippen molar-refractivity contribution in [1.29, 1.82) is 0 Å². The van der Waals surface area contributed by atoms with Gasteiger partial charge in [0, 0.05) is 12.2 Å². The highest BCUT2D eigenvalue weighted by molar-refractivity contribution is 5.88. The Morgan fingerprint density at radius 2 is 2.00 bits per heavy atom. The molecule has 1 fully saturated rings. The number of halogens is 3. The van der Waals surface area contributed by atoms with Crippen LogP contribution in [0.25, 0.3) is 0 Å². The first-order valence-electron chi connectivity index (χ1n) is 7.17. The summed E-state index contributed by atoms with van der Waals surface area (Å²) in [6.45, 7) is 2.28. The van der Waals surface area contributed by atoms with E-state index < -0.39 is 23.4 Å². The van der Waals surface area contributed by atoms with Crippen molar-refractivity contribution >= 4 is 5.97 Å². The van der Waals surface area contributed by atoms with Gasteiger partial charge in [-0.3, -0.25) is 0 Å². The molecule has 0 bridgehead atoms. The highest BCUT2D eigenvalue weighted by Gasteiger charge is 2.38. The van der Waals surface area contributed by atoms with Crippen LogP contribution in [-0.4, -0.2) is 27.1 Å². The normalized spacial score (nSPS) is 22.5. The number of hydrogen-bond donors (Lipinski definition) is 2. The number of rotatable bonds is 4. The van der Waals surface area contributed by atoms with Gasteiger partial charge in [0.05, 0.1) is 6.54 Å². The fourth-order valence-electron chi connectivity index (χ4n) is 2.58. The molecule has 2 rings (SSSR count). The van der Waals surface area contributed by atoms with Crippen LogP contribution in [0.2, 0.25) is 0 Å². The number of alkyl halides is 3. The van der Waals surface area contributed by atoms with E-state index >= 15 is 0 Å². The van der Waals surface area contributed by atoms with Gasteiger partial charge in [-0.15, -0.1) is 0 Å². The molecule has 122 valence electrons. The lowest BCUT2D eigenvalue weighted by molar-refractivity contribution is -0.141. The van der Waals surface area contributed by atoms with Gasteiger partial charge in [0.1, 0.15) is 11.4 Å². The van der Waals surface area contributed by atoms with E-state index in [1.807, 2.05) is 0 Å². The van der Waals surface area contributed by atoms with Crippen molar-refractivity contribution in [2.45, 2.75) is 51.4 Å². The Hall–Kier alpha value is -1.70. The van der Waals surface area contributed by atoms with Gasteiger partial charge in [0.15, 0.2) is 5.69 Å². The second kappa shape index (κ2) is 6.60. The zero-order chi connectivity index (χ0) is 16.3. The quantitative estimate of drug-likeness (QED) is 0.893. The summed E-state index contributed by atoms with van der Waals surface area (Å²) in [7, 11) is 0. The Balaban J connectivity index is 2.07. The van der Waals surface area contributed by atoms with Gasteiger partial charge in [-0.05, 0) is 31.6 Å². The minimum absolute atomic E-state index is 0.0454. The number of nitrogens with zero attached hydrogens (tertiary/aromatic N) is 2. The Morgan fingerprint density at radius 1 is 1.36 bits per heavy atom. The summed E-state index contributed by atoms with van der Waals surface area (Å²) in [6, 6.07) is 0.244. The third-order valence-electron chi connectivity index (χ3n) is 3.90. The molecule has 0 aliphatic heterocycles. The van der Waals surface area contributed by atoms with Crippen molar-refractivity contribution in [3.8, 4) is 0 Å². The fourth-order valence-corrected chi connectivity index (χ4v) is 2.58. The molecule has 1 aliphatic carbocycles. The minimum atomic E-state index is -4.81. The van der Waals surface area contributed by atoms with Crippen LogP contribution in [-0.2, 0) is 12.7 Å². The maximum Gasteiger partial charge on any atom is 0.434 e. The van der Waals surface area contributed by atoms with E-state index in [4.69, 9.17) is 5.11 Å². The maximum atomic E-state index is 12.9. The van der Waals surface area contributed by atoms with Gasteiger partial charge in [0.25, 0.3) is 0 Å². The first kappa shape index (κ1) is 16.7. The molecule has 0 saturated heterocycles.